The third-order valence-corrected chi connectivity index (χ3v) is 2.34. The second-order valence-corrected chi connectivity index (χ2v) is 4.80. The molecule has 0 heterocycles. The topological polar surface area (TPSA) is 92.4 Å². The maximum atomic E-state index is 11.6. The summed E-state index contributed by atoms with van der Waals surface area (Å²) in [4.78, 5) is 22.5. The van der Waals surface area contributed by atoms with Crippen molar-refractivity contribution < 1.29 is 14.7 Å². The van der Waals surface area contributed by atoms with Gasteiger partial charge in [-0.2, -0.15) is 0 Å². The van der Waals surface area contributed by atoms with E-state index in [1.807, 2.05) is 27.7 Å². The minimum Gasteiger partial charge on any atom is -0.480 e. The van der Waals surface area contributed by atoms with Crippen LogP contribution in [0.2, 0.25) is 0 Å². The van der Waals surface area contributed by atoms with Gasteiger partial charge in [0.05, 0.1) is 6.04 Å². The fourth-order valence-corrected chi connectivity index (χ4v) is 1.26. The van der Waals surface area contributed by atoms with Gasteiger partial charge in [-0.15, -0.1) is 0 Å². The number of nitrogens with one attached hydrogen (secondary N) is 1. The lowest BCUT2D eigenvalue weighted by molar-refractivity contribution is -0.142. The van der Waals surface area contributed by atoms with Gasteiger partial charge in [-0.25, -0.2) is 4.79 Å². The summed E-state index contributed by atoms with van der Waals surface area (Å²) in [5.41, 5.74) is 5.63. The number of rotatable bonds is 6. The summed E-state index contributed by atoms with van der Waals surface area (Å²) in [5, 5.41) is 11.4. The highest BCUT2D eigenvalue weighted by atomic mass is 16.4. The van der Waals surface area contributed by atoms with Gasteiger partial charge in [-0.1, -0.05) is 27.7 Å². The third-order valence-electron chi connectivity index (χ3n) is 2.34. The van der Waals surface area contributed by atoms with E-state index in [0.717, 1.165) is 0 Å². The number of carbonyl (C=O) groups is 2. The summed E-state index contributed by atoms with van der Waals surface area (Å²) in [6.45, 7) is 7.46. The van der Waals surface area contributed by atoms with Gasteiger partial charge in [0.2, 0.25) is 5.91 Å². The van der Waals surface area contributed by atoms with E-state index < -0.39 is 24.0 Å². The van der Waals surface area contributed by atoms with Crippen LogP contribution in [0.25, 0.3) is 0 Å². The molecule has 0 aliphatic heterocycles. The molecule has 0 radical (unpaired) electrons. The van der Waals surface area contributed by atoms with E-state index in [9.17, 15) is 9.59 Å². The van der Waals surface area contributed by atoms with Gasteiger partial charge in [-0.3, -0.25) is 4.79 Å². The molecule has 5 heteroatoms. The highest BCUT2D eigenvalue weighted by Crippen LogP contribution is 2.06. The lowest BCUT2D eigenvalue weighted by Crippen LogP contribution is -2.50. The first-order valence-corrected chi connectivity index (χ1v) is 5.54. The summed E-state index contributed by atoms with van der Waals surface area (Å²) in [5.74, 6) is -1.22. The lowest BCUT2D eigenvalue weighted by Gasteiger charge is -2.20. The first-order valence-electron chi connectivity index (χ1n) is 5.54. The van der Waals surface area contributed by atoms with Crippen LogP contribution in [-0.4, -0.2) is 29.1 Å². The number of aliphatic carboxylic acids is 1. The van der Waals surface area contributed by atoms with Crippen molar-refractivity contribution in [2.24, 2.45) is 17.6 Å². The number of carboxylic acids is 1. The predicted octanol–water partition coefficient (Wildman–Crippen LogP) is 0.585. The molecule has 0 aromatic heterocycles. The molecule has 4 N–H and O–H groups in total. The lowest BCUT2D eigenvalue weighted by atomic mass is 10.0. The normalized spacial score (nSPS) is 14.9. The Bertz CT molecular complexity index is 252. The minimum atomic E-state index is -1.02. The Morgan fingerprint density at radius 3 is 2.06 bits per heavy atom. The molecule has 2 atom stereocenters. The molecule has 1 unspecified atom stereocenters. The minimum absolute atomic E-state index is 0.00602. The van der Waals surface area contributed by atoms with E-state index in [-0.39, 0.29) is 11.8 Å². The Morgan fingerprint density at radius 2 is 1.75 bits per heavy atom. The summed E-state index contributed by atoms with van der Waals surface area (Å²) in [7, 11) is 0. The van der Waals surface area contributed by atoms with Gasteiger partial charge in [0, 0.05) is 0 Å². The fraction of sp³-hybridized carbons (Fsp3) is 0.818. The number of carboxylic acid groups (broad SMARTS) is 1. The zero-order valence-electron chi connectivity index (χ0n) is 10.4. The van der Waals surface area contributed by atoms with Crippen LogP contribution < -0.4 is 11.1 Å². The van der Waals surface area contributed by atoms with Crippen molar-refractivity contribution in [1.82, 2.24) is 5.32 Å². The molecule has 0 saturated carbocycles. The van der Waals surface area contributed by atoms with Crippen molar-refractivity contribution in [3.05, 3.63) is 0 Å². The number of nitrogens with two attached hydrogens (primary N) is 1. The molecular weight excluding hydrogens is 208 g/mol. The molecule has 0 saturated heterocycles. The van der Waals surface area contributed by atoms with Gasteiger partial charge in [0.15, 0.2) is 0 Å². The molecule has 16 heavy (non-hydrogen) atoms. The van der Waals surface area contributed by atoms with Gasteiger partial charge < -0.3 is 16.2 Å². The Morgan fingerprint density at radius 1 is 1.25 bits per heavy atom. The average molecular weight is 230 g/mol. The Hall–Kier alpha value is -1.10. The molecule has 0 aromatic carbocycles. The maximum absolute atomic E-state index is 11.6. The van der Waals surface area contributed by atoms with Crippen LogP contribution in [0.15, 0.2) is 0 Å². The van der Waals surface area contributed by atoms with Crippen LogP contribution >= 0.6 is 0 Å². The van der Waals surface area contributed by atoms with Crippen LogP contribution in [0.4, 0.5) is 0 Å². The largest absolute Gasteiger partial charge is 0.480 e. The third kappa shape index (κ3) is 5.11. The standard InChI is InChI=1S/C11H22N2O3/c1-6(2)5-8(11(15)16)13-10(14)9(12)7(3)4/h6-9H,5,12H2,1-4H3,(H,13,14)(H,15,16)/t8?,9-/m1/s1. The molecule has 0 aromatic rings. The van der Waals surface area contributed by atoms with Crippen LogP contribution in [0.3, 0.4) is 0 Å². The summed E-state index contributed by atoms with van der Waals surface area (Å²) < 4.78 is 0. The van der Waals surface area contributed by atoms with Crippen molar-refractivity contribution in [3.8, 4) is 0 Å². The number of hydrogen-bond donors (Lipinski definition) is 3. The Balaban J connectivity index is 4.40. The number of carbonyl (C=O) groups excluding carboxylic acids is 1. The van der Waals surface area contributed by atoms with Crippen LogP contribution in [0.1, 0.15) is 34.1 Å². The molecule has 5 nitrogen and oxygen atoms in total. The van der Waals surface area contributed by atoms with Crippen LogP contribution in [0, 0.1) is 11.8 Å². The van der Waals surface area contributed by atoms with Crippen molar-refractivity contribution in [3.63, 3.8) is 0 Å². The predicted molar refractivity (Wildman–Crippen MR) is 61.8 cm³/mol. The SMILES string of the molecule is CC(C)CC(NC(=O)[C@H](N)C(C)C)C(=O)O. The summed E-state index contributed by atoms with van der Waals surface area (Å²) in [6, 6.07) is -1.51. The smallest absolute Gasteiger partial charge is 0.326 e. The van der Waals surface area contributed by atoms with Gasteiger partial charge in [-0.05, 0) is 18.3 Å². The Labute approximate surface area is 96.4 Å². The molecule has 0 aliphatic carbocycles. The highest BCUT2D eigenvalue weighted by Gasteiger charge is 2.25. The molecule has 0 aliphatic rings. The zero-order valence-corrected chi connectivity index (χ0v) is 10.4. The maximum Gasteiger partial charge on any atom is 0.326 e. The monoisotopic (exact) mass is 230 g/mol. The van der Waals surface area contributed by atoms with Gasteiger partial charge >= 0.3 is 5.97 Å². The molecular formula is C11H22N2O3. The second-order valence-electron chi connectivity index (χ2n) is 4.80. The van der Waals surface area contributed by atoms with E-state index in [4.69, 9.17) is 10.8 Å². The van der Waals surface area contributed by atoms with E-state index in [2.05, 4.69) is 5.32 Å². The summed E-state index contributed by atoms with van der Waals surface area (Å²) in [6.07, 6.45) is 0.409. The molecule has 0 bridgehead atoms. The summed E-state index contributed by atoms with van der Waals surface area (Å²) >= 11 is 0. The van der Waals surface area contributed by atoms with Crippen molar-refractivity contribution in [2.45, 2.75) is 46.2 Å². The van der Waals surface area contributed by atoms with Crippen molar-refractivity contribution in [1.29, 1.82) is 0 Å². The molecule has 1 amide bonds. The van der Waals surface area contributed by atoms with Crippen molar-refractivity contribution >= 4 is 11.9 Å². The number of amides is 1. The van der Waals surface area contributed by atoms with Crippen LogP contribution in [0.5, 0.6) is 0 Å². The highest BCUT2D eigenvalue weighted by molar-refractivity contribution is 5.86. The molecule has 0 fully saturated rings. The number of hydrogen-bond acceptors (Lipinski definition) is 3. The van der Waals surface area contributed by atoms with Crippen LogP contribution in [-0.2, 0) is 9.59 Å². The second kappa shape index (κ2) is 6.48. The zero-order chi connectivity index (χ0) is 12.9. The molecule has 0 spiro atoms. The molecule has 94 valence electrons. The average Bonchev–Trinajstić information content (AvgIpc) is 2.14. The fourth-order valence-electron chi connectivity index (χ4n) is 1.26. The quantitative estimate of drug-likeness (QED) is 0.622. The Kier molecular flexibility index (Phi) is 6.03. The van der Waals surface area contributed by atoms with Gasteiger partial charge in [0.1, 0.15) is 6.04 Å². The first kappa shape index (κ1) is 14.9. The van der Waals surface area contributed by atoms with E-state index in [1.54, 1.807) is 0 Å². The first-order chi connectivity index (χ1) is 7.25. The van der Waals surface area contributed by atoms with Crippen molar-refractivity contribution in [2.75, 3.05) is 0 Å². The van der Waals surface area contributed by atoms with E-state index >= 15 is 0 Å². The molecule has 0 rings (SSSR count). The van der Waals surface area contributed by atoms with E-state index in [0.29, 0.717) is 6.42 Å². The van der Waals surface area contributed by atoms with Gasteiger partial charge in [0.25, 0.3) is 0 Å². The van der Waals surface area contributed by atoms with E-state index in [1.165, 1.54) is 0 Å².